The van der Waals surface area contributed by atoms with Crippen LogP contribution >= 0.6 is 0 Å². The van der Waals surface area contributed by atoms with Gasteiger partial charge in [-0.3, -0.25) is 0 Å². The zero-order valence-electron chi connectivity index (χ0n) is 9.06. The molecule has 4 nitrogen and oxygen atoms in total. The Bertz CT molecular complexity index is 548. The fourth-order valence-electron chi connectivity index (χ4n) is 1.69. The summed E-state index contributed by atoms with van der Waals surface area (Å²) in [5.74, 6) is 0.580. The van der Waals surface area contributed by atoms with Crippen molar-refractivity contribution in [1.29, 1.82) is 0 Å². The maximum atomic E-state index is 4.25. The van der Waals surface area contributed by atoms with Gasteiger partial charge in [-0.1, -0.05) is 30.3 Å². The fourth-order valence-corrected chi connectivity index (χ4v) is 1.69. The van der Waals surface area contributed by atoms with Gasteiger partial charge in [-0.15, -0.1) is 0 Å². The molecule has 0 saturated carbocycles. The monoisotopic (exact) mass is 222 g/mol. The number of aromatic nitrogens is 4. The molecule has 17 heavy (non-hydrogen) atoms. The molecule has 3 aromatic rings. The van der Waals surface area contributed by atoms with Crippen LogP contribution in [-0.2, 0) is 0 Å². The molecule has 82 valence electrons. The van der Waals surface area contributed by atoms with Gasteiger partial charge in [0.2, 0.25) is 0 Å². The van der Waals surface area contributed by atoms with Crippen molar-refractivity contribution in [3.8, 4) is 17.2 Å². The predicted molar refractivity (Wildman–Crippen MR) is 64.6 cm³/mol. The number of rotatable bonds is 2. The smallest absolute Gasteiger partial charge is 0.220 e. The van der Waals surface area contributed by atoms with E-state index in [1.165, 1.54) is 0 Å². The lowest BCUT2D eigenvalue weighted by atomic mass is 10.1. The van der Waals surface area contributed by atoms with E-state index in [0.29, 0.717) is 5.95 Å². The minimum atomic E-state index is 0.580. The second kappa shape index (κ2) is 4.17. The molecule has 0 radical (unpaired) electrons. The summed E-state index contributed by atoms with van der Waals surface area (Å²) in [5, 5.41) is 4.25. The maximum Gasteiger partial charge on any atom is 0.251 e. The van der Waals surface area contributed by atoms with Crippen molar-refractivity contribution in [2.24, 2.45) is 0 Å². The predicted octanol–water partition coefficient (Wildman–Crippen LogP) is 2.33. The first-order valence-electron chi connectivity index (χ1n) is 5.32. The first-order chi connectivity index (χ1) is 8.45. The third-order valence-corrected chi connectivity index (χ3v) is 2.45. The van der Waals surface area contributed by atoms with Crippen molar-refractivity contribution in [2.75, 3.05) is 0 Å². The minimum absolute atomic E-state index is 0.580. The third-order valence-electron chi connectivity index (χ3n) is 2.45. The zero-order chi connectivity index (χ0) is 11.5. The molecule has 1 aromatic carbocycles. The highest BCUT2D eigenvalue weighted by Crippen LogP contribution is 2.19. The molecular formula is C13H10N4. The van der Waals surface area contributed by atoms with Gasteiger partial charge in [-0.05, 0) is 12.1 Å². The summed E-state index contributed by atoms with van der Waals surface area (Å²) in [6, 6.07) is 13.8. The molecule has 4 heteroatoms. The molecule has 0 aliphatic rings. The number of hydrogen-bond acceptors (Lipinski definition) is 3. The van der Waals surface area contributed by atoms with E-state index in [4.69, 9.17) is 0 Å². The maximum absolute atomic E-state index is 4.25. The van der Waals surface area contributed by atoms with Crippen molar-refractivity contribution in [3.63, 3.8) is 0 Å². The molecule has 0 amide bonds. The molecule has 0 spiro atoms. The van der Waals surface area contributed by atoms with E-state index >= 15 is 0 Å². The summed E-state index contributed by atoms with van der Waals surface area (Å²) < 4.78 is 1.73. The molecule has 2 heterocycles. The Morgan fingerprint density at radius 2 is 1.53 bits per heavy atom. The molecule has 0 N–H and O–H groups in total. The quantitative estimate of drug-likeness (QED) is 0.668. The van der Waals surface area contributed by atoms with Crippen LogP contribution in [0.2, 0.25) is 0 Å². The first kappa shape index (κ1) is 9.72. The standard InChI is InChI=1S/C13H10N4/c1-2-5-11(6-3-1)12-7-10-16-17(12)13-14-8-4-9-15-13/h1-10H. The van der Waals surface area contributed by atoms with E-state index in [1.807, 2.05) is 36.4 Å². The lowest BCUT2D eigenvalue weighted by Crippen LogP contribution is -2.03. The number of hydrogen-bond donors (Lipinski definition) is 0. The SMILES string of the molecule is c1ccc(-c2ccnn2-c2ncccn2)cc1. The van der Waals surface area contributed by atoms with Gasteiger partial charge < -0.3 is 0 Å². The molecule has 0 aliphatic carbocycles. The van der Waals surface area contributed by atoms with Gasteiger partial charge in [0.25, 0.3) is 5.95 Å². The Kier molecular flexibility index (Phi) is 2.38. The van der Waals surface area contributed by atoms with Crippen molar-refractivity contribution in [1.82, 2.24) is 19.7 Å². The van der Waals surface area contributed by atoms with E-state index in [2.05, 4.69) is 15.1 Å². The van der Waals surface area contributed by atoms with Crippen LogP contribution in [0.15, 0.2) is 61.1 Å². The van der Waals surface area contributed by atoms with Crippen LogP contribution < -0.4 is 0 Å². The molecule has 0 atom stereocenters. The van der Waals surface area contributed by atoms with Gasteiger partial charge >= 0.3 is 0 Å². The average Bonchev–Trinajstić information content (AvgIpc) is 2.90. The first-order valence-corrected chi connectivity index (χ1v) is 5.32. The summed E-state index contributed by atoms with van der Waals surface area (Å²) >= 11 is 0. The largest absolute Gasteiger partial charge is 0.251 e. The molecular weight excluding hydrogens is 212 g/mol. The Labute approximate surface area is 98.6 Å². The van der Waals surface area contributed by atoms with Gasteiger partial charge in [0.1, 0.15) is 0 Å². The lowest BCUT2D eigenvalue weighted by molar-refractivity contribution is 0.815. The molecule has 0 saturated heterocycles. The van der Waals surface area contributed by atoms with E-state index in [9.17, 15) is 0 Å². The van der Waals surface area contributed by atoms with Crippen molar-refractivity contribution in [2.45, 2.75) is 0 Å². The summed E-state index contributed by atoms with van der Waals surface area (Å²) in [4.78, 5) is 8.39. The molecule has 0 bridgehead atoms. The van der Waals surface area contributed by atoms with Crippen LogP contribution in [0.3, 0.4) is 0 Å². The van der Waals surface area contributed by atoms with Crippen molar-refractivity contribution < 1.29 is 0 Å². The Morgan fingerprint density at radius 1 is 0.765 bits per heavy atom. The average molecular weight is 222 g/mol. The highest BCUT2D eigenvalue weighted by molar-refractivity contribution is 5.60. The van der Waals surface area contributed by atoms with Crippen LogP contribution in [0.25, 0.3) is 17.2 Å². The molecule has 0 aliphatic heterocycles. The van der Waals surface area contributed by atoms with Crippen LogP contribution in [0.4, 0.5) is 0 Å². The third kappa shape index (κ3) is 1.80. The van der Waals surface area contributed by atoms with Crippen LogP contribution in [0.5, 0.6) is 0 Å². The number of nitrogens with zero attached hydrogens (tertiary/aromatic N) is 4. The van der Waals surface area contributed by atoms with E-state index in [-0.39, 0.29) is 0 Å². The van der Waals surface area contributed by atoms with E-state index in [1.54, 1.807) is 29.3 Å². The second-order valence-corrected chi connectivity index (χ2v) is 3.54. The highest BCUT2D eigenvalue weighted by atomic mass is 15.3. The van der Waals surface area contributed by atoms with E-state index < -0.39 is 0 Å². The molecule has 3 rings (SSSR count). The summed E-state index contributed by atoms with van der Waals surface area (Å²) in [7, 11) is 0. The number of benzene rings is 1. The van der Waals surface area contributed by atoms with Crippen LogP contribution in [0.1, 0.15) is 0 Å². The normalized spacial score (nSPS) is 10.4. The molecule has 2 aromatic heterocycles. The van der Waals surface area contributed by atoms with E-state index in [0.717, 1.165) is 11.3 Å². The van der Waals surface area contributed by atoms with Gasteiger partial charge in [-0.25, -0.2) is 9.97 Å². The minimum Gasteiger partial charge on any atom is -0.220 e. The highest BCUT2D eigenvalue weighted by Gasteiger charge is 2.07. The molecule has 0 fully saturated rings. The lowest BCUT2D eigenvalue weighted by Gasteiger charge is -2.04. The van der Waals surface area contributed by atoms with Gasteiger partial charge in [-0.2, -0.15) is 9.78 Å². The summed E-state index contributed by atoms with van der Waals surface area (Å²) in [6.07, 6.45) is 5.16. The fraction of sp³-hybridized carbons (Fsp3) is 0. The summed E-state index contributed by atoms with van der Waals surface area (Å²) in [6.45, 7) is 0. The van der Waals surface area contributed by atoms with Gasteiger partial charge in [0.15, 0.2) is 0 Å². The van der Waals surface area contributed by atoms with Crippen LogP contribution in [0, 0.1) is 0 Å². The summed E-state index contributed by atoms with van der Waals surface area (Å²) in [5.41, 5.74) is 2.08. The van der Waals surface area contributed by atoms with Gasteiger partial charge in [0.05, 0.1) is 11.9 Å². The van der Waals surface area contributed by atoms with Crippen molar-refractivity contribution in [3.05, 3.63) is 61.1 Å². The Balaban J connectivity index is 2.13. The van der Waals surface area contributed by atoms with Crippen molar-refractivity contribution >= 4 is 0 Å². The van der Waals surface area contributed by atoms with Crippen LogP contribution in [-0.4, -0.2) is 19.7 Å². The second-order valence-electron chi connectivity index (χ2n) is 3.54. The zero-order valence-corrected chi connectivity index (χ0v) is 9.06. The topological polar surface area (TPSA) is 43.6 Å². The van der Waals surface area contributed by atoms with Gasteiger partial charge in [0, 0.05) is 18.0 Å². The Morgan fingerprint density at radius 3 is 2.29 bits per heavy atom. The Hall–Kier alpha value is -2.49. The molecule has 0 unspecified atom stereocenters.